The first-order valence-electron chi connectivity index (χ1n) is 6.26. The first-order valence-corrected chi connectivity index (χ1v) is 7.42. The second kappa shape index (κ2) is 6.24. The van der Waals surface area contributed by atoms with E-state index in [9.17, 15) is 4.79 Å². The Hall–Kier alpha value is -1.01. The minimum Gasteiger partial charge on any atom is -0.359 e. The van der Waals surface area contributed by atoms with Gasteiger partial charge in [-0.3, -0.25) is 4.79 Å². The van der Waals surface area contributed by atoms with E-state index in [1.165, 1.54) is 0 Å². The smallest absolute Gasteiger partial charge is 0.226 e. The van der Waals surface area contributed by atoms with Gasteiger partial charge in [0.05, 0.1) is 0 Å². The van der Waals surface area contributed by atoms with Crippen molar-refractivity contribution in [3.05, 3.63) is 11.5 Å². The van der Waals surface area contributed by atoms with E-state index in [1.54, 1.807) is 0 Å². The van der Waals surface area contributed by atoms with Crippen molar-refractivity contribution < 1.29 is 9.32 Å². The standard InChI is InChI=1S/C12H19N3O2S/c1-3-10-12(8(2)17-15-10)14-11(16)6-9-7-18-5-4-13-9/h9,13H,3-7H2,1-2H3,(H,14,16)/t9-/m1/s1. The average Bonchev–Trinajstić information content (AvgIpc) is 2.72. The van der Waals surface area contributed by atoms with Crippen molar-refractivity contribution in [2.45, 2.75) is 32.7 Å². The number of hydrogen-bond acceptors (Lipinski definition) is 5. The molecule has 0 saturated carbocycles. The quantitative estimate of drug-likeness (QED) is 0.868. The summed E-state index contributed by atoms with van der Waals surface area (Å²) in [6.07, 6.45) is 1.26. The minimum absolute atomic E-state index is 0.0241. The fourth-order valence-electron chi connectivity index (χ4n) is 1.98. The van der Waals surface area contributed by atoms with E-state index in [1.807, 2.05) is 25.6 Å². The van der Waals surface area contributed by atoms with Crippen LogP contribution < -0.4 is 10.6 Å². The van der Waals surface area contributed by atoms with Gasteiger partial charge in [0.1, 0.15) is 11.4 Å². The predicted molar refractivity (Wildman–Crippen MR) is 73.0 cm³/mol. The van der Waals surface area contributed by atoms with E-state index in [0.717, 1.165) is 35.9 Å². The van der Waals surface area contributed by atoms with Crippen molar-refractivity contribution in [1.82, 2.24) is 10.5 Å². The third-order valence-electron chi connectivity index (χ3n) is 2.96. The highest BCUT2D eigenvalue weighted by Crippen LogP contribution is 2.21. The molecular formula is C12H19N3O2S. The Balaban J connectivity index is 1.91. The second-order valence-corrected chi connectivity index (χ2v) is 5.54. The molecule has 0 aromatic carbocycles. The van der Waals surface area contributed by atoms with Gasteiger partial charge in [-0.05, 0) is 13.3 Å². The van der Waals surface area contributed by atoms with Gasteiger partial charge in [-0.15, -0.1) is 0 Å². The maximum atomic E-state index is 12.0. The van der Waals surface area contributed by atoms with Crippen LogP contribution in [0.1, 0.15) is 24.8 Å². The highest BCUT2D eigenvalue weighted by atomic mass is 32.2. The fraction of sp³-hybridized carbons (Fsp3) is 0.667. The van der Waals surface area contributed by atoms with E-state index < -0.39 is 0 Å². The number of nitrogens with one attached hydrogen (secondary N) is 2. The van der Waals surface area contributed by atoms with Crippen LogP contribution in [0.3, 0.4) is 0 Å². The third kappa shape index (κ3) is 3.26. The van der Waals surface area contributed by atoms with Gasteiger partial charge >= 0.3 is 0 Å². The Morgan fingerprint density at radius 2 is 2.50 bits per heavy atom. The van der Waals surface area contributed by atoms with Crippen molar-refractivity contribution in [3.63, 3.8) is 0 Å². The van der Waals surface area contributed by atoms with Gasteiger partial charge in [0, 0.05) is 30.5 Å². The monoisotopic (exact) mass is 269 g/mol. The van der Waals surface area contributed by atoms with Crippen LogP contribution in [0.25, 0.3) is 0 Å². The molecule has 1 aromatic heterocycles. The Morgan fingerprint density at radius 1 is 1.67 bits per heavy atom. The summed E-state index contributed by atoms with van der Waals surface area (Å²) in [5, 5.41) is 10.2. The molecule has 5 nitrogen and oxygen atoms in total. The van der Waals surface area contributed by atoms with Crippen LogP contribution in [0.5, 0.6) is 0 Å². The van der Waals surface area contributed by atoms with E-state index in [-0.39, 0.29) is 11.9 Å². The van der Waals surface area contributed by atoms with Crippen molar-refractivity contribution in [1.29, 1.82) is 0 Å². The number of amides is 1. The number of anilines is 1. The molecule has 1 aliphatic heterocycles. The summed E-state index contributed by atoms with van der Waals surface area (Å²) in [7, 11) is 0. The van der Waals surface area contributed by atoms with Crippen LogP contribution in [0, 0.1) is 6.92 Å². The lowest BCUT2D eigenvalue weighted by molar-refractivity contribution is -0.116. The van der Waals surface area contributed by atoms with Gasteiger partial charge in [0.25, 0.3) is 0 Å². The molecule has 100 valence electrons. The molecule has 1 aliphatic rings. The Labute approximate surface area is 111 Å². The maximum absolute atomic E-state index is 12.0. The van der Waals surface area contributed by atoms with Gasteiger partial charge in [-0.2, -0.15) is 11.8 Å². The van der Waals surface area contributed by atoms with Crippen LogP contribution in [-0.2, 0) is 11.2 Å². The summed E-state index contributed by atoms with van der Waals surface area (Å²) in [4.78, 5) is 12.0. The van der Waals surface area contributed by atoms with E-state index in [4.69, 9.17) is 4.52 Å². The fourth-order valence-corrected chi connectivity index (χ4v) is 2.93. The molecule has 0 unspecified atom stereocenters. The second-order valence-electron chi connectivity index (χ2n) is 4.39. The summed E-state index contributed by atoms with van der Waals surface area (Å²) < 4.78 is 5.09. The number of carbonyl (C=O) groups excluding carboxylic acids is 1. The Morgan fingerprint density at radius 3 is 3.17 bits per heavy atom. The van der Waals surface area contributed by atoms with E-state index in [0.29, 0.717) is 12.2 Å². The normalized spacial score (nSPS) is 19.8. The van der Waals surface area contributed by atoms with Crippen LogP contribution in [0.4, 0.5) is 5.69 Å². The zero-order valence-electron chi connectivity index (χ0n) is 10.8. The number of thioether (sulfide) groups is 1. The van der Waals surface area contributed by atoms with E-state index in [2.05, 4.69) is 15.8 Å². The molecule has 2 heterocycles. The van der Waals surface area contributed by atoms with Gasteiger partial charge < -0.3 is 15.2 Å². The van der Waals surface area contributed by atoms with Crippen molar-refractivity contribution >= 4 is 23.4 Å². The number of rotatable bonds is 4. The molecule has 0 radical (unpaired) electrons. The van der Waals surface area contributed by atoms with Gasteiger partial charge in [0.2, 0.25) is 5.91 Å². The van der Waals surface area contributed by atoms with Crippen LogP contribution >= 0.6 is 11.8 Å². The van der Waals surface area contributed by atoms with Gasteiger partial charge in [0.15, 0.2) is 5.76 Å². The maximum Gasteiger partial charge on any atom is 0.226 e. The molecule has 0 bridgehead atoms. The summed E-state index contributed by atoms with van der Waals surface area (Å²) in [5.74, 6) is 2.82. The molecule has 0 aliphatic carbocycles. The van der Waals surface area contributed by atoms with E-state index >= 15 is 0 Å². The topological polar surface area (TPSA) is 67.2 Å². The molecule has 1 saturated heterocycles. The summed E-state index contributed by atoms with van der Waals surface area (Å²) in [6, 6.07) is 0.272. The Bertz CT molecular complexity index is 413. The number of hydrogen-bond donors (Lipinski definition) is 2. The van der Waals surface area contributed by atoms with Crippen LogP contribution in [-0.4, -0.2) is 35.2 Å². The molecule has 1 amide bonds. The van der Waals surface area contributed by atoms with Crippen LogP contribution in [0.15, 0.2) is 4.52 Å². The molecule has 6 heteroatoms. The highest BCUT2D eigenvalue weighted by molar-refractivity contribution is 7.99. The predicted octanol–water partition coefficient (Wildman–Crippen LogP) is 1.58. The summed E-state index contributed by atoms with van der Waals surface area (Å²) in [5.41, 5.74) is 1.55. The zero-order chi connectivity index (χ0) is 13.0. The molecule has 18 heavy (non-hydrogen) atoms. The number of nitrogens with zero attached hydrogens (tertiary/aromatic N) is 1. The molecule has 1 atom stereocenters. The van der Waals surface area contributed by atoms with Gasteiger partial charge in [-0.25, -0.2) is 0 Å². The third-order valence-corrected chi connectivity index (χ3v) is 4.09. The molecular weight excluding hydrogens is 250 g/mol. The van der Waals surface area contributed by atoms with Crippen molar-refractivity contribution in [2.75, 3.05) is 23.4 Å². The molecule has 2 rings (SSSR count). The first kappa shape index (κ1) is 13.4. The molecule has 1 fully saturated rings. The Kier molecular flexibility index (Phi) is 4.66. The van der Waals surface area contributed by atoms with Crippen molar-refractivity contribution in [3.8, 4) is 0 Å². The largest absolute Gasteiger partial charge is 0.359 e. The number of aromatic nitrogens is 1. The zero-order valence-corrected chi connectivity index (χ0v) is 11.6. The van der Waals surface area contributed by atoms with Crippen molar-refractivity contribution in [2.24, 2.45) is 0 Å². The lowest BCUT2D eigenvalue weighted by Crippen LogP contribution is -2.40. The average molecular weight is 269 g/mol. The summed E-state index contributed by atoms with van der Waals surface area (Å²) in [6.45, 7) is 4.79. The molecule has 0 spiro atoms. The van der Waals surface area contributed by atoms with Crippen LogP contribution in [0.2, 0.25) is 0 Å². The first-order chi connectivity index (χ1) is 8.70. The minimum atomic E-state index is 0.0241. The lowest BCUT2D eigenvalue weighted by atomic mass is 10.2. The highest BCUT2D eigenvalue weighted by Gasteiger charge is 2.19. The molecule has 2 N–H and O–H groups in total. The number of aryl methyl sites for hydroxylation is 2. The molecule has 1 aromatic rings. The number of carbonyl (C=O) groups is 1. The lowest BCUT2D eigenvalue weighted by Gasteiger charge is -2.22. The summed E-state index contributed by atoms with van der Waals surface area (Å²) >= 11 is 1.89. The van der Waals surface area contributed by atoms with Gasteiger partial charge in [-0.1, -0.05) is 12.1 Å². The SMILES string of the molecule is CCc1noc(C)c1NC(=O)C[C@@H]1CSCCN1.